The standard InChI is InChI=1S/C12H11NO2/c1-8(14)7-9-4-5-11(15)12-10(9)3-2-6-13-12/h2-6,15H,7H2,1H3. The van der Waals surface area contributed by atoms with E-state index in [2.05, 4.69) is 4.98 Å². The number of hydrogen-bond acceptors (Lipinski definition) is 3. The van der Waals surface area contributed by atoms with Crippen molar-refractivity contribution in [3.8, 4) is 5.75 Å². The number of carbonyl (C=O) groups is 1. The zero-order valence-corrected chi connectivity index (χ0v) is 8.40. The Kier molecular flexibility index (Phi) is 2.37. The van der Waals surface area contributed by atoms with E-state index >= 15 is 0 Å². The van der Waals surface area contributed by atoms with Gasteiger partial charge in [0.05, 0.1) is 0 Å². The highest BCUT2D eigenvalue weighted by Gasteiger charge is 2.07. The van der Waals surface area contributed by atoms with Gasteiger partial charge in [-0.1, -0.05) is 12.1 Å². The van der Waals surface area contributed by atoms with Gasteiger partial charge in [0.1, 0.15) is 17.0 Å². The maximum atomic E-state index is 11.1. The fourth-order valence-corrected chi connectivity index (χ4v) is 1.64. The molecule has 0 saturated heterocycles. The third-order valence-electron chi connectivity index (χ3n) is 2.28. The minimum atomic E-state index is 0.103. The zero-order chi connectivity index (χ0) is 10.8. The minimum Gasteiger partial charge on any atom is -0.506 e. The summed E-state index contributed by atoms with van der Waals surface area (Å²) in [5, 5.41) is 10.4. The highest BCUT2D eigenvalue weighted by molar-refractivity contribution is 5.91. The van der Waals surface area contributed by atoms with Gasteiger partial charge in [0, 0.05) is 18.0 Å². The van der Waals surface area contributed by atoms with Crippen LogP contribution in [0.25, 0.3) is 10.9 Å². The number of carbonyl (C=O) groups excluding carboxylic acids is 1. The molecule has 0 saturated carbocycles. The predicted molar refractivity (Wildman–Crippen MR) is 57.8 cm³/mol. The molecule has 0 radical (unpaired) electrons. The molecule has 1 N–H and O–H groups in total. The monoisotopic (exact) mass is 201 g/mol. The first-order valence-corrected chi connectivity index (χ1v) is 4.73. The van der Waals surface area contributed by atoms with E-state index in [1.54, 1.807) is 31.3 Å². The maximum Gasteiger partial charge on any atom is 0.141 e. The van der Waals surface area contributed by atoms with Crippen LogP contribution in [0.2, 0.25) is 0 Å². The number of Topliss-reactive ketones (excluding diaryl/α,β-unsaturated/α-hetero) is 1. The number of phenols is 1. The van der Waals surface area contributed by atoms with Gasteiger partial charge in [0.15, 0.2) is 0 Å². The van der Waals surface area contributed by atoms with Gasteiger partial charge >= 0.3 is 0 Å². The topological polar surface area (TPSA) is 50.2 Å². The van der Waals surface area contributed by atoms with Crippen molar-refractivity contribution < 1.29 is 9.90 Å². The van der Waals surface area contributed by atoms with Crippen LogP contribution in [0.4, 0.5) is 0 Å². The molecule has 3 heteroatoms. The number of phenolic OH excluding ortho intramolecular Hbond substituents is 1. The van der Waals surface area contributed by atoms with E-state index in [4.69, 9.17) is 0 Å². The third kappa shape index (κ3) is 1.81. The third-order valence-corrected chi connectivity index (χ3v) is 2.28. The molecular formula is C12H11NO2. The van der Waals surface area contributed by atoms with Gasteiger partial charge in [-0.2, -0.15) is 0 Å². The van der Waals surface area contributed by atoms with Gasteiger partial charge in [-0.25, -0.2) is 0 Å². The highest BCUT2D eigenvalue weighted by atomic mass is 16.3. The van der Waals surface area contributed by atoms with E-state index in [0.29, 0.717) is 11.9 Å². The number of ketones is 1. The Hall–Kier alpha value is -1.90. The molecule has 0 atom stereocenters. The van der Waals surface area contributed by atoms with Gasteiger partial charge in [-0.05, 0) is 24.6 Å². The quantitative estimate of drug-likeness (QED) is 0.809. The van der Waals surface area contributed by atoms with Crippen LogP contribution in [0.5, 0.6) is 5.75 Å². The largest absolute Gasteiger partial charge is 0.506 e. The van der Waals surface area contributed by atoms with Crippen molar-refractivity contribution in [2.24, 2.45) is 0 Å². The molecule has 0 spiro atoms. The van der Waals surface area contributed by atoms with Crippen molar-refractivity contribution in [2.45, 2.75) is 13.3 Å². The van der Waals surface area contributed by atoms with Crippen LogP contribution in [0.15, 0.2) is 30.5 Å². The molecule has 2 rings (SSSR count). The average Bonchev–Trinajstić information content (AvgIpc) is 2.22. The Morgan fingerprint density at radius 3 is 2.93 bits per heavy atom. The van der Waals surface area contributed by atoms with Crippen LogP contribution >= 0.6 is 0 Å². The first kappa shape index (κ1) is 9.65. The van der Waals surface area contributed by atoms with Crippen molar-refractivity contribution in [2.75, 3.05) is 0 Å². The van der Waals surface area contributed by atoms with Gasteiger partial charge in [-0.3, -0.25) is 9.78 Å². The number of hydrogen-bond donors (Lipinski definition) is 1. The SMILES string of the molecule is CC(=O)Cc1ccc(O)c2ncccc12. The zero-order valence-electron chi connectivity index (χ0n) is 8.40. The Bertz CT molecular complexity index is 520. The summed E-state index contributed by atoms with van der Waals surface area (Å²) in [5.74, 6) is 0.253. The number of pyridine rings is 1. The fraction of sp³-hybridized carbons (Fsp3) is 0.167. The smallest absolute Gasteiger partial charge is 0.141 e. The van der Waals surface area contributed by atoms with E-state index in [0.717, 1.165) is 10.9 Å². The fourth-order valence-electron chi connectivity index (χ4n) is 1.64. The van der Waals surface area contributed by atoms with Crippen molar-refractivity contribution in [3.63, 3.8) is 0 Å². The van der Waals surface area contributed by atoms with E-state index in [-0.39, 0.29) is 11.5 Å². The predicted octanol–water partition coefficient (Wildman–Crippen LogP) is 2.07. The molecule has 0 fully saturated rings. The molecule has 0 aliphatic rings. The molecule has 0 unspecified atom stereocenters. The lowest BCUT2D eigenvalue weighted by molar-refractivity contribution is -0.116. The van der Waals surface area contributed by atoms with E-state index in [1.807, 2.05) is 6.07 Å². The number of benzene rings is 1. The summed E-state index contributed by atoms with van der Waals surface area (Å²) in [6.45, 7) is 1.55. The average molecular weight is 201 g/mol. The second-order valence-electron chi connectivity index (χ2n) is 3.52. The molecule has 0 aliphatic carbocycles. The van der Waals surface area contributed by atoms with Crippen LogP contribution in [0.1, 0.15) is 12.5 Å². The summed E-state index contributed by atoms with van der Waals surface area (Å²) in [6, 6.07) is 7.00. The van der Waals surface area contributed by atoms with Crippen LogP contribution in [0.3, 0.4) is 0 Å². The first-order chi connectivity index (χ1) is 7.18. The van der Waals surface area contributed by atoms with Gasteiger partial charge in [0.25, 0.3) is 0 Å². The normalized spacial score (nSPS) is 10.5. The van der Waals surface area contributed by atoms with Crippen molar-refractivity contribution in [1.29, 1.82) is 0 Å². The Morgan fingerprint density at radius 1 is 1.40 bits per heavy atom. The van der Waals surface area contributed by atoms with Gasteiger partial charge < -0.3 is 5.11 Å². The first-order valence-electron chi connectivity index (χ1n) is 4.73. The minimum absolute atomic E-state index is 0.103. The lowest BCUT2D eigenvalue weighted by Gasteiger charge is -2.05. The van der Waals surface area contributed by atoms with Crippen LogP contribution in [-0.4, -0.2) is 15.9 Å². The maximum absolute atomic E-state index is 11.1. The van der Waals surface area contributed by atoms with E-state index in [9.17, 15) is 9.90 Å². The second kappa shape index (κ2) is 3.69. The summed E-state index contributed by atoms with van der Waals surface area (Å²) in [6.07, 6.45) is 2.00. The van der Waals surface area contributed by atoms with Crippen LogP contribution in [-0.2, 0) is 11.2 Å². The lowest BCUT2D eigenvalue weighted by atomic mass is 10.0. The highest BCUT2D eigenvalue weighted by Crippen LogP contribution is 2.25. The van der Waals surface area contributed by atoms with Gasteiger partial charge in [0.2, 0.25) is 0 Å². The summed E-state index contributed by atoms with van der Waals surface area (Å²) >= 11 is 0. The Balaban J connectivity index is 2.66. The second-order valence-corrected chi connectivity index (χ2v) is 3.52. The van der Waals surface area contributed by atoms with Gasteiger partial charge in [-0.15, -0.1) is 0 Å². The number of aromatic hydroxyl groups is 1. The van der Waals surface area contributed by atoms with Crippen LogP contribution < -0.4 is 0 Å². The molecule has 1 aromatic carbocycles. The Morgan fingerprint density at radius 2 is 2.20 bits per heavy atom. The summed E-state index contributed by atoms with van der Waals surface area (Å²) in [5.41, 5.74) is 1.46. The molecule has 76 valence electrons. The van der Waals surface area contributed by atoms with E-state index in [1.165, 1.54) is 0 Å². The number of rotatable bonds is 2. The summed E-state index contributed by atoms with van der Waals surface area (Å²) < 4.78 is 0. The molecular weight excluding hydrogens is 190 g/mol. The number of nitrogens with zero attached hydrogens (tertiary/aromatic N) is 1. The van der Waals surface area contributed by atoms with Crippen molar-refractivity contribution >= 4 is 16.7 Å². The molecule has 2 aromatic rings. The molecule has 1 aromatic heterocycles. The molecule has 0 amide bonds. The molecule has 3 nitrogen and oxygen atoms in total. The van der Waals surface area contributed by atoms with Crippen molar-refractivity contribution in [1.82, 2.24) is 4.98 Å². The summed E-state index contributed by atoms with van der Waals surface area (Å²) in [7, 11) is 0. The summed E-state index contributed by atoms with van der Waals surface area (Å²) in [4.78, 5) is 15.1. The van der Waals surface area contributed by atoms with Crippen LogP contribution in [0, 0.1) is 0 Å². The number of fused-ring (bicyclic) bond motifs is 1. The number of aromatic nitrogens is 1. The molecule has 15 heavy (non-hydrogen) atoms. The molecule has 0 bridgehead atoms. The van der Waals surface area contributed by atoms with Crippen molar-refractivity contribution in [3.05, 3.63) is 36.0 Å². The molecule has 0 aliphatic heterocycles. The lowest BCUT2D eigenvalue weighted by Crippen LogP contribution is -1.97. The molecule has 1 heterocycles. The van der Waals surface area contributed by atoms with E-state index < -0.39 is 0 Å². The Labute approximate surface area is 87.4 Å².